The lowest BCUT2D eigenvalue weighted by molar-refractivity contribution is 0.501. The molecule has 0 aliphatic heterocycles. The number of rotatable bonds is 2. The molecular weight excluding hydrogens is 273 g/mol. The quantitative estimate of drug-likeness (QED) is 0.869. The molecule has 1 aromatic carbocycles. The lowest BCUT2D eigenvalue weighted by Gasteiger charge is -2.34. The highest BCUT2D eigenvalue weighted by molar-refractivity contribution is 7.20. The lowest BCUT2D eigenvalue weighted by atomic mass is 9.72. The zero-order valence-corrected chi connectivity index (χ0v) is 11.3. The molecule has 3 rings (SSSR count). The Hall–Kier alpha value is -0.540. The van der Waals surface area contributed by atoms with Crippen molar-refractivity contribution in [3.8, 4) is 0 Å². The van der Waals surface area contributed by atoms with Gasteiger partial charge in [-0.15, -0.1) is 11.3 Å². The minimum absolute atomic E-state index is 0.0545. The Morgan fingerprint density at radius 1 is 1.29 bits per heavy atom. The van der Waals surface area contributed by atoms with Gasteiger partial charge < -0.3 is 5.73 Å². The van der Waals surface area contributed by atoms with E-state index >= 15 is 0 Å². The first kappa shape index (κ1) is 11.5. The van der Waals surface area contributed by atoms with Crippen molar-refractivity contribution in [1.82, 2.24) is 0 Å². The Morgan fingerprint density at radius 3 is 2.71 bits per heavy atom. The first-order valence-corrected chi connectivity index (χ1v) is 7.02. The molecule has 2 aromatic rings. The average molecular weight is 284 g/mol. The highest BCUT2D eigenvalue weighted by Gasteiger charge is 2.32. The van der Waals surface area contributed by atoms with Crippen molar-refractivity contribution in [3.63, 3.8) is 0 Å². The van der Waals surface area contributed by atoms with Gasteiger partial charge in [0, 0.05) is 17.5 Å². The highest BCUT2D eigenvalue weighted by atomic mass is 35.5. The monoisotopic (exact) mass is 283 g/mol. The van der Waals surface area contributed by atoms with E-state index in [2.05, 4.69) is 24.3 Å². The summed E-state index contributed by atoms with van der Waals surface area (Å²) in [5, 5.41) is 0. The van der Waals surface area contributed by atoms with Crippen molar-refractivity contribution in [1.29, 1.82) is 0 Å². The van der Waals surface area contributed by atoms with Crippen LogP contribution in [0.1, 0.15) is 28.7 Å². The molecule has 1 aromatic heterocycles. The SMILES string of the molecule is NC(c1cc(Cl)sc1Cl)C1Cc2ccccc21. The van der Waals surface area contributed by atoms with Gasteiger partial charge in [-0.1, -0.05) is 47.5 Å². The summed E-state index contributed by atoms with van der Waals surface area (Å²) in [5.74, 6) is 0.370. The Kier molecular flexibility index (Phi) is 2.91. The van der Waals surface area contributed by atoms with Crippen LogP contribution in [-0.2, 0) is 6.42 Å². The molecule has 0 fully saturated rings. The van der Waals surface area contributed by atoms with Gasteiger partial charge in [-0.05, 0) is 23.6 Å². The first-order valence-electron chi connectivity index (χ1n) is 5.45. The summed E-state index contributed by atoms with van der Waals surface area (Å²) in [7, 11) is 0. The lowest BCUT2D eigenvalue weighted by Crippen LogP contribution is -2.28. The van der Waals surface area contributed by atoms with Crippen LogP contribution in [0.4, 0.5) is 0 Å². The van der Waals surface area contributed by atoms with Crippen LogP contribution in [0.15, 0.2) is 30.3 Å². The summed E-state index contributed by atoms with van der Waals surface area (Å²) in [6, 6.07) is 10.3. The predicted molar refractivity (Wildman–Crippen MR) is 74.2 cm³/mol. The zero-order valence-electron chi connectivity index (χ0n) is 8.99. The van der Waals surface area contributed by atoms with E-state index in [4.69, 9.17) is 28.9 Å². The van der Waals surface area contributed by atoms with Gasteiger partial charge in [0.25, 0.3) is 0 Å². The highest BCUT2D eigenvalue weighted by Crippen LogP contribution is 2.45. The average Bonchev–Trinajstić information content (AvgIpc) is 2.59. The van der Waals surface area contributed by atoms with Crippen LogP contribution >= 0.6 is 34.5 Å². The van der Waals surface area contributed by atoms with Gasteiger partial charge in [-0.25, -0.2) is 0 Å². The third-order valence-corrected chi connectivity index (χ3v) is 4.89. The van der Waals surface area contributed by atoms with Gasteiger partial charge in [-0.2, -0.15) is 0 Å². The molecule has 1 aliphatic rings. The molecule has 0 amide bonds. The van der Waals surface area contributed by atoms with E-state index in [0.29, 0.717) is 14.6 Å². The Labute approximate surface area is 114 Å². The molecule has 2 N–H and O–H groups in total. The smallest absolute Gasteiger partial charge is 0.0992 e. The fourth-order valence-electron chi connectivity index (χ4n) is 2.42. The molecule has 17 heavy (non-hydrogen) atoms. The van der Waals surface area contributed by atoms with E-state index in [1.807, 2.05) is 6.07 Å². The van der Waals surface area contributed by atoms with E-state index < -0.39 is 0 Å². The third-order valence-electron chi connectivity index (χ3n) is 3.37. The normalized spacial score (nSPS) is 19.6. The third kappa shape index (κ3) is 1.89. The second-order valence-electron chi connectivity index (χ2n) is 4.31. The number of hydrogen-bond acceptors (Lipinski definition) is 2. The minimum Gasteiger partial charge on any atom is -0.323 e. The molecule has 0 saturated heterocycles. The van der Waals surface area contributed by atoms with Crippen molar-refractivity contribution in [2.75, 3.05) is 0 Å². The van der Waals surface area contributed by atoms with E-state index in [0.717, 1.165) is 12.0 Å². The summed E-state index contributed by atoms with van der Waals surface area (Å²) < 4.78 is 1.42. The van der Waals surface area contributed by atoms with Crippen molar-refractivity contribution >= 4 is 34.5 Å². The van der Waals surface area contributed by atoms with Gasteiger partial charge in [0.05, 0.1) is 8.67 Å². The second kappa shape index (κ2) is 4.29. The van der Waals surface area contributed by atoms with Crippen LogP contribution in [-0.4, -0.2) is 0 Å². The van der Waals surface area contributed by atoms with Gasteiger partial charge in [-0.3, -0.25) is 0 Å². The molecule has 4 heteroatoms. The van der Waals surface area contributed by atoms with E-state index in [-0.39, 0.29) is 6.04 Å². The number of hydrogen-bond donors (Lipinski definition) is 1. The first-order chi connectivity index (χ1) is 8.16. The van der Waals surface area contributed by atoms with Gasteiger partial charge >= 0.3 is 0 Å². The van der Waals surface area contributed by atoms with Crippen LogP contribution in [0.25, 0.3) is 0 Å². The second-order valence-corrected chi connectivity index (χ2v) is 6.60. The largest absolute Gasteiger partial charge is 0.323 e. The maximum Gasteiger partial charge on any atom is 0.0992 e. The minimum atomic E-state index is -0.0545. The van der Waals surface area contributed by atoms with Crippen molar-refractivity contribution in [2.45, 2.75) is 18.4 Å². The maximum atomic E-state index is 6.29. The topological polar surface area (TPSA) is 26.0 Å². The summed E-state index contributed by atoms with van der Waals surface area (Å²) in [6.45, 7) is 0. The van der Waals surface area contributed by atoms with Crippen molar-refractivity contribution in [3.05, 3.63) is 55.7 Å². The van der Waals surface area contributed by atoms with Gasteiger partial charge in [0.1, 0.15) is 0 Å². The molecule has 88 valence electrons. The Bertz CT molecular complexity index is 564. The molecule has 0 spiro atoms. The fraction of sp³-hybridized carbons (Fsp3) is 0.231. The predicted octanol–water partition coefficient (Wildman–Crippen LogP) is 4.39. The molecule has 2 unspecified atom stereocenters. The van der Waals surface area contributed by atoms with Crippen LogP contribution in [0, 0.1) is 0 Å². The molecule has 0 bridgehead atoms. The Morgan fingerprint density at radius 2 is 2.06 bits per heavy atom. The number of fused-ring (bicyclic) bond motifs is 1. The van der Waals surface area contributed by atoms with E-state index in [9.17, 15) is 0 Å². The maximum absolute atomic E-state index is 6.29. The van der Waals surface area contributed by atoms with Gasteiger partial charge in [0.2, 0.25) is 0 Å². The van der Waals surface area contributed by atoms with Crippen LogP contribution in [0.5, 0.6) is 0 Å². The molecule has 0 radical (unpaired) electrons. The van der Waals surface area contributed by atoms with Crippen LogP contribution < -0.4 is 5.73 Å². The van der Waals surface area contributed by atoms with Crippen LogP contribution in [0.2, 0.25) is 8.67 Å². The zero-order chi connectivity index (χ0) is 12.0. The number of halogens is 2. The summed E-state index contributed by atoms with van der Waals surface area (Å²) in [4.78, 5) is 0. The number of nitrogens with two attached hydrogens (primary N) is 1. The molecule has 1 heterocycles. The molecule has 1 aliphatic carbocycles. The van der Waals surface area contributed by atoms with Crippen molar-refractivity contribution in [2.24, 2.45) is 5.73 Å². The summed E-state index contributed by atoms with van der Waals surface area (Å²) in [6.07, 6.45) is 1.03. The summed E-state index contributed by atoms with van der Waals surface area (Å²) in [5.41, 5.74) is 10.0. The Balaban J connectivity index is 1.91. The van der Waals surface area contributed by atoms with E-state index in [1.54, 1.807) is 0 Å². The van der Waals surface area contributed by atoms with Gasteiger partial charge in [0.15, 0.2) is 0 Å². The number of thiophene rings is 1. The van der Waals surface area contributed by atoms with Crippen LogP contribution in [0.3, 0.4) is 0 Å². The standard InChI is InChI=1S/C13H11Cl2NS/c14-11-6-10(13(15)17-11)12(16)9-5-7-3-1-2-4-8(7)9/h1-4,6,9,12H,5,16H2. The summed E-state index contributed by atoms with van der Waals surface area (Å²) >= 11 is 13.5. The van der Waals surface area contributed by atoms with Crippen molar-refractivity contribution < 1.29 is 0 Å². The van der Waals surface area contributed by atoms with E-state index in [1.165, 1.54) is 22.5 Å². The fourth-order valence-corrected chi connectivity index (χ4v) is 3.98. The number of benzene rings is 1. The molecular formula is C13H11Cl2NS. The molecule has 2 atom stereocenters. The molecule has 1 nitrogen and oxygen atoms in total. The molecule has 0 saturated carbocycles.